The molecule has 0 rings (SSSR count). The summed E-state index contributed by atoms with van der Waals surface area (Å²) in [4.78, 5) is 37.7. The normalized spacial score (nSPS) is 11.8. The molecule has 0 aliphatic carbocycles. The van der Waals surface area contributed by atoms with Crippen molar-refractivity contribution in [2.45, 2.75) is 284 Å². The molecule has 0 aromatic heterocycles. The van der Waals surface area contributed by atoms with Crippen LogP contribution in [0.15, 0.2) is 0 Å². The number of ether oxygens (including phenoxy) is 3. The van der Waals surface area contributed by atoms with E-state index in [1.54, 1.807) is 0 Å². The fourth-order valence-corrected chi connectivity index (χ4v) is 7.38. The van der Waals surface area contributed by atoms with Gasteiger partial charge in [0.15, 0.2) is 6.10 Å². The van der Waals surface area contributed by atoms with Crippen molar-refractivity contribution < 1.29 is 28.6 Å². The molecule has 6 nitrogen and oxygen atoms in total. The van der Waals surface area contributed by atoms with Gasteiger partial charge < -0.3 is 14.2 Å². The number of rotatable bonds is 45. The number of hydrogen-bond acceptors (Lipinski definition) is 6. The zero-order chi connectivity index (χ0) is 40.1. The summed E-state index contributed by atoms with van der Waals surface area (Å²) in [6.45, 7) is 6.65. The molecule has 0 aromatic rings. The summed E-state index contributed by atoms with van der Waals surface area (Å²) in [6, 6.07) is 0. The first-order chi connectivity index (χ1) is 27.0. The van der Waals surface area contributed by atoms with Crippen LogP contribution in [0.5, 0.6) is 0 Å². The summed E-state index contributed by atoms with van der Waals surface area (Å²) in [5.41, 5.74) is 0. The summed E-state index contributed by atoms with van der Waals surface area (Å²) in [5, 5.41) is 0. The van der Waals surface area contributed by atoms with Crippen LogP contribution in [0.1, 0.15) is 278 Å². The van der Waals surface area contributed by atoms with Crippen LogP contribution in [0.4, 0.5) is 0 Å². The predicted octanol–water partition coefficient (Wildman–Crippen LogP) is 15.6. The highest BCUT2D eigenvalue weighted by molar-refractivity contribution is 5.71. The second kappa shape index (κ2) is 45.1. The van der Waals surface area contributed by atoms with Crippen LogP contribution >= 0.6 is 0 Å². The summed E-state index contributed by atoms with van der Waals surface area (Å²) in [6.07, 6.45) is 46.5. The lowest BCUT2D eigenvalue weighted by Gasteiger charge is -2.18. The Morgan fingerprint density at radius 2 is 0.491 bits per heavy atom. The Bertz CT molecular complexity index is 813. The molecule has 0 N–H and O–H groups in total. The van der Waals surface area contributed by atoms with E-state index in [1.807, 2.05) is 0 Å². The standard InChI is InChI=1S/C49H94O6/c1-4-7-10-13-16-19-21-23-24-26-28-31-33-36-39-42-48(51)54-45-46(55-49(52)43-40-37-34-29-18-15-12-9-6-3)44-53-47(50)41-38-35-32-30-27-25-22-20-17-14-11-8-5-2/h46H,4-45H2,1-3H3/t46-/m1/s1. The summed E-state index contributed by atoms with van der Waals surface area (Å²) in [7, 11) is 0. The maximum absolute atomic E-state index is 12.7. The highest BCUT2D eigenvalue weighted by atomic mass is 16.6. The Morgan fingerprint density at radius 1 is 0.291 bits per heavy atom. The van der Waals surface area contributed by atoms with Gasteiger partial charge in [0.25, 0.3) is 0 Å². The highest BCUT2D eigenvalue weighted by Crippen LogP contribution is 2.16. The van der Waals surface area contributed by atoms with Crippen LogP contribution in [0.25, 0.3) is 0 Å². The second-order valence-electron chi connectivity index (χ2n) is 16.7. The lowest BCUT2D eigenvalue weighted by Crippen LogP contribution is -2.30. The Balaban J connectivity index is 4.25. The van der Waals surface area contributed by atoms with E-state index in [1.165, 1.54) is 180 Å². The Kier molecular flexibility index (Phi) is 43.8. The predicted molar refractivity (Wildman–Crippen MR) is 233 cm³/mol. The largest absolute Gasteiger partial charge is 0.462 e. The number of esters is 3. The molecule has 0 saturated carbocycles. The lowest BCUT2D eigenvalue weighted by molar-refractivity contribution is -0.167. The van der Waals surface area contributed by atoms with Crippen LogP contribution in [0.2, 0.25) is 0 Å². The minimum Gasteiger partial charge on any atom is -0.462 e. The van der Waals surface area contributed by atoms with Crippen LogP contribution in [-0.4, -0.2) is 37.2 Å². The number of carbonyl (C=O) groups is 3. The quantitative estimate of drug-likeness (QED) is 0.0348. The van der Waals surface area contributed by atoms with Crippen molar-refractivity contribution >= 4 is 17.9 Å². The monoisotopic (exact) mass is 779 g/mol. The van der Waals surface area contributed by atoms with Gasteiger partial charge in [-0.05, 0) is 19.3 Å². The van der Waals surface area contributed by atoms with Gasteiger partial charge in [-0.15, -0.1) is 0 Å². The van der Waals surface area contributed by atoms with Crippen molar-refractivity contribution in [3.8, 4) is 0 Å². The maximum Gasteiger partial charge on any atom is 0.306 e. The van der Waals surface area contributed by atoms with E-state index in [0.29, 0.717) is 19.3 Å². The molecule has 0 spiro atoms. The van der Waals surface area contributed by atoms with E-state index >= 15 is 0 Å². The van der Waals surface area contributed by atoms with Gasteiger partial charge in [0.05, 0.1) is 0 Å². The Hall–Kier alpha value is -1.59. The number of carbonyl (C=O) groups excluding carboxylic acids is 3. The van der Waals surface area contributed by atoms with E-state index in [9.17, 15) is 14.4 Å². The molecule has 0 fully saturated rings. The second-order valence-corrected chi connectivity index (χ2v) is 16.7. The van der Waals surface area contributed by atoms with Crippen LogP contribution < -0.4 is 0 Å². The van der Waals surface area contributed by atoms with Gasteiger partial charge in [-0.25, -0.2) is 0 Å². The number of hydrogen-bond donors (Lipinski definition) is 0. The fourth-order valence-electron chi connectivity index (χ4n) is 7.38. The third-order valence-electron chi connectivity index (χ3n) is 11.1. The molecule has 326 valence electrons. The number of unbranched alkanes of at least 4 members (excludes halogenated alkanes) is 34. The Morgan fingerprint density at radius 3 is 0.727 bits per heavy atom. The average molecular weight is 779 g/mol. The van der Waals surface area contributed by atoms with E-state index in [-0.39, 0.29) is 31.1 Å². The molecule has 0 aromatic carbocycles. The molecular formula is C49H94O6. The minimum absolute atomic E-state index is 0.0624. The summed E-state index contributed by atoms with van der Waals surface area (Å²) < 4.78 is 16.7. The molecule has 0 aliphatic heterocycles. The van der Waals surface area contributed by atoms with Crippen molar-refractivity contribution in [1.82, 2.24) is 0 Å². The molecule has 0 unspecified atom stereocenters. The van der Waals surface area contributed by atoms with Crippen molar-refractivity contribution in [1.29, 1.82) is 0 Å². The van der Waals surface area contributed by atoms with Gasteiger partial charge in [0.1, 0.15) is 13.2 Å². The van der Waals surface area contributed by atoms with E-state index in [2.05, 4.69) is 20.8 Å². The van der Waals surface area contributed by atoms with E-state index in [4.69, 9.17) is 14.2 Å². The van der Waals surface area contributed by atoms with Crippen molar-refractivity contribution in [3.63, 3.8) is 0 Å². The first kappa shape index (κ1) is 53.4. The molecule has 6 heteroatoms. The molecule has 1 atom stereocenters. The molecule has 0 saturated heterocycles. The van der Waals surface area contributed by atoms with Crippen LogP contribution in [0, 0.1) is 0 Å². The van der Waals surface area contributed by atoms with Gasteiger partial charge in [0.2, 0.25) is 0 Å². The third kappa shape index (κ3) is 43.4. The van der Waals surface area contributed by atoms with Crippen LogP contribution in [-0.2, 0) is 28.6 Å². The van der Waals surface area contributed by atoms with Crippen LogP contribution in [0.3, 0.4) is 0 Å². The third-order valence-corrected chi connectivity index (χ3v) is 11.1. The first-order valence-corrected chi connectivity index (χ1v) is 24.5. The molecular weight excluding hydrogens is 685 g/mol. The Labute approximate surface area is 342 Å². The SMILES string of the molecule is CCCCCCCCCCCCCCCCCC(=O)OC[C@@H](COC(=O)CCCCCCCCCCCCCCC)OC(=O)CCCCCCCCCCC. The minimum atomic E-state index is -0.758. The van der Waals surface area contributed by atoms with E-state index < -0.39 is 6.10 Å². The fraction of sp³-hybridized carbons (Fsp3) is 0.939. The molecule has 0 aliphatic rings. The molecule has 0 heterocycles. The average Bonchev–Trinajstić information content (AvgIpc) is 3.18. The molecule has 0 amide bonds. The summed E-state index contributed by atoms with van der Waals surface area (Å²) in [5.74, 6) is -0.848. The van der Waals surface area contributed by atoms with Gasteiger partial charge in [-0.1, -0.05) is 239 Å². The molecule has 0 bridgehead atoms. The van der Waals surface area contributed by atoms with Gasteiger partial charge in [0, 0.05) is 19.3 Å². The zero-order valence-electron chi connectivity index (χ0n) is 37.2. The van der Waals surface area contributed by atoms with Crippen molar-refractivity contribution in [2.75, 3.05) is 13.2 Å². The highest BCUT2D eigenvalue weighted by Gasteiger charge is 2.19. The topological polar surface area (TPSA) is 78.9 Å². The van der Waals surface area contributed by atoms with Gasteiger partial charge in [-0.3, -0.25) is 14.4 Å². The first-order valence-electron chi connectivity index (χ1n) is 24.5. The summed E-state index contributed by atoms with van der Waals surface area (Å²) >= 11 is 0. The molecule has 0 radical (unpaired) electrons. The van der Waals surface area contributed by atoms with E-state index in [0.717, 1.165) is 57.8 Å². The van der Waals surface area contributed by atoms with Crippen molar-refractivity contribution in [2.24, 2.45) is 0 Å². The molecule has 55 heavy (non-hydrogen) atoms. The van der Waals surface area contributed by atoms with Gasteiger partial charge >= 0.3 is 17.9 Å². The van der Waals surface area contributed by atoms with Gasteiger partial charge in [-0.2, -0.15) is 0 Å². The lowest BCUT2D eigenvalue weighted by atomic mass is 10.0. The maximum atomic E-state index is 12.7. The zero-order valence-corrected chi connectivity index (χ0v) is 37.2. The van der Waals surface area contributed by atoms with Crippen molar-refractivity contribution in [3.05, 3.63) is 0 Å². The smallest absolute Gasteiger partial charge is 0.306 e.